The summed E-state index contributed by atoms with van der Waals surface area (Å²) in [4.78, 5) is 31.1. The number of carbonyl (C=O) groups excluding carboxylic acids is 2. The van der Waals surface area contributed by atoms with Crippen LogP contribution in [0, 0.1) is 11.6 Å². The molecule has 1 saturated heterocycles. The molecule has 0 aliphatic carbocycles. The highest BCUT2D eigenvalue weighted by Gasteiger charge is 2.33. The van der Waals surface area contributed by atoms with E-state index < -0.39 is 30.2 Å². The first-order chi connectivity index (χ1) is 15.5. The normalized spacial score (nSPS) is 15.9. The summed E-state index contributed by atoms with van der Waals surface area (Å²) >= 11 is 0. The second-order valence-corrected chi connectivity index (χ2v) is 7.36. The average Bonchev–Trinajstić information content (AvgIpc) is 2.80. The highest BCUT2D eigenvalue weighted by molar-refractivity contribution is 5.90. The highest BCUT2D eigenvalue weighted by Crippen LogP contribution is 2.25. The largest absolute Gasteiger partial charge is 0.481 e. The maximum Gasteiger partial charge on any atom is 0.261 e. The fourth-order valence-corrected chi connectivity index (χ4v) is 3.74. The summed E-state index contributed by atoms with van der Waals surface area (Å²) in [7, 11) is 0. The number of hydrogen-bond acceptors (Lipinski definition) is 4. The monoisotopic (exact) mass is 437 g/mol. The Kier molecular flexibility index (Phi) is 6.39. The third kappa shape index (κ3) is 4.74. The summed E-state index contributed by atoms with van der Waals surface area (Å²) < 4.78 is 32.2. The molecule has 1 unspecified atom stereocenters. The van der Waals surface area contributed by atoms with Gasteiger partial charge in [0, 0.05) is 43.5 Å². The van der Waals surface area contributed by atoms with Crippen LogP contribution in [0.25, 0.3) is 11.1 Å². The van der Waals surface area contributed by atoms with E-state index in [0.717, 1.165) is 28.8 Å². The van der Waals surface area contributed by atoms with E-state index in [4.69, 9.17) is 4.74 Å². The summed E-state index contributed by atoms with van der Waals surface area (Å²) in [5, 5.41) is 2.80. The van der Waals surface area contributed by atoms with Crippen molar-refractivity contribution >= 4 is 11.8 Å². The van der Waals surface area contributed by atoms with Gasteiger partial charge in [-0.25, -0.2) is 8.78 Å². The summed E-state index contributed by atoms with van der Waals surface area (Å²) in [6, 6.07) is 13.5. The zero-order valence-corrected chi connectivity index (χ0v) is 17.1. The van der Waals surface area contributed by atoms with Crippen molar-refractivity contribution in [3.05, 3.63) is 84.2 Å². The Hall–Kier alpha value is -3.81. The van der Waals surface area contributed by atoms with Gasteiger partial charge in [-0.2, -0.15) is 0 Å². The lowest BCUT2D eigenvalue weighted by Gasteiger charge is -2.35. The van der Waals surface area contributed by atoms with E-state index in [0.29, 0.717) is 25.6 Å². The first-order valence-corrected chi connectivity index (χ1v) is 10.2. The Morgan fingerprint density at radius 3 is 2.78 bits per heavy atom. The molecule has 32 heavy (non-hydrogen) atoms. The molecule has 2 amide bonds. The fraction of sp³-hybridized carbons (Fsp3) is 0.208. The molecule has 1 fully saturated rings. The first-order valence-electron chi connectivity index (χ1n) is 10.2. The minimum absolute atomic E-state index is 0.223. The van der Waals surface area contributed by atoms with Crippen LogP contribution in [0.5, 0.6) is 5.75 Å². The van der Waals surface area contributed by atoms with Crippen molar-refractivity contribution < 1.29 is 23.1 Å². The number of amides is 2. The van der Waals surface area contributed by atoms with Crippen molar-refractivity contribution in [1.29, 1.82) is 0 Å². The number of pyridine rings is 1. The Bertz CT molecular complexity index is 1120. The van der Waals surface area contributed by atoms with Crippen LogP contribution in [0.1, 0.15) is 5.56 Å². The first kappa shape index (κ1) is 21.4. The van der Waals surface area contributed by atoms with E-state index in [1.165, 1.54) is 4.90 Å². The van der Waals surface area contributed by atoms with Crippen LogP contribution in [0.3, 0.4) is 0 Å². The standard InChI is InChI=1S/C24H21F2N3O3/c25-18-7-8-22(20(26)13-18)32-15-23(30)29-11-10-28-24(31)21(29)12-16-4-1-2-6-19(16)17-5-3-9-27-14-17/h1-9,13-14,21H,10-12,15H2,(H,28,31). The summed E-state index contributed by atoms with van der Waals surface area (Å²) in [6.45, 7) is 0.159. The zero-order chi connectivity index (χ0) is 22.5. The van der Waals surface area contributed by atoms with Crippen molar-refractivity contribution in [2.24, 2.45) is 0 Å². The van der Waals surface area contributed by atoms with Gasteiger partial charge in [0.15, 0.2) is 18.2 Å². The smallest absolute Gasteiger partial charge is 0.261 e. The van der Waals surface area contributed by atoms with Gasteiger partial charge < -0.3 is 15.0 Å². The molecule has 3 aromatic rings. The predicted octanol–water partition coefficient (Wildman–Crippen LogP) is 2.98. The molecule has 6 nitrogen and oxygen atoms in total. The number of nitrogens with zero attached hydrogens (tertiary/aromatic N) is 2. The molecule has 8 heteroatoms. The van der Waals surface area contributed by atoms with E-state index >= 15 is 0 Å². The number of nitrogens with one attached hydrogen (secondary N) is 1. The Morgan fingerprint density at radius 2 is 2.00 bits per heavy atom. The van der Waals surface area contributed by atoms with E-state index in [9.17, 15) is 18.4 Å². The van der Waals surface area contributed by atoms with Crippen LogP contribution in [0.2, 0.25) is 0 Å². The Balaban J connectivity index is 1.52. The number of ether oxygens (including phenoxy) is 1. The topological polar surface area (TPSA) is 71.5 Å². The molecule has 1 aliphatic rings. The van der Waals surface area contributed by atoms with Crippen molar-refractivity contribution in [1.82, 2.24) is 15.2 Å². The summed E-state index contributed by atoms with van der Waals surface area (Å²) in [5.41, 5.74) is 2.73. The molecule has 4 rings (SSSR count). The van der Waals surface area contributed by atoms with Gasteiger partial charge in [-0.1, -0.05) is 30.3 Å². The van der Waals surface area contributed by atoms with Gasteiger partial charge in [-0.15, -0.1) is 0 Å². The lowest BCUT2D eigenvalue weighted by atomic mass is 9.94. The lowest BCUT2D eigenvalue weighted by molar-refractivity contribution is -0.144. The lowest BCUT2D eigenvalue weighted by Crippen LogP contribution is -2.58. The van der Waals surface area contributed by atoms with E-state index in [1.807, 2.05) is 36.4 Å². The van der Waals surface area contributed by atoms with Crippen molar-refractivity contribution in [3.63, 3.8) is 0 Å². The molecule has 1 atom stereocenters. The molecular formula is C24H21F2N3O3. The third-order valence-electron chi connectivity index (χ3n) is 5.30. The minimum Gasteiger partial charge on any atom is -0.481 e. The van der Waals surface area contributed by atoms with Crippen molar-refractivity contribution in [2.75, 3.05) is 19.7 Å². The number of hydrogen-bond donors (Lipinski definition) is 1. The molecule has 2 aromatic carbocycles. The van der Waals surface area contributed by atoms with E-state index in [2.05, 4.69) is 10.3 Å². The quantitative estimate of drug-likeness (QED) is 0.644. The fourth-order valence-electron chi connectivity index (χ4n) is 3.74. The number of piperazine rings is 1. The number of halogens is 2. The number of carbonyl (C=O) groups is 2. The highest BCUT2D eigenvalue weighted by atomic mass is 19.1. The van der Waals surface area contributed by atoms with E-state index in [1.54, 1.807) is 12.4 Å². The minimum atomic E-state index is -0.892. The Labute approximate surface area is 183 Å². The molecule has 1 aromatic heterocycles. The maximum absolute atomic E-state index is 13.8. The van der Waals surface area contributed by atoms with Crippen LogP contribution >= 0.6 is 0 Å². The van der Waals surface area contributed by atoms with Gasteiger partial charge in [-0.05, 0) is 29.3 Å². The molecule has 1 N–H and O–H groups in total. The molecule has 0 spiro atoms. The number of aromatic nitrogens is 1. The van der Waals surface area contributed by atoms with Gasteiger partial charge >= 0.3 is 0 Å². The molecule has 1 aliphatic heterocycles. The van der Waals surface area contributed by atoms with Gasteiger partial charge in [0.2, 0.25) is 5.91 Å². The van der Waals surface area contributed by atoms with Crippen LogP contribution in [-0.4, -0.2) is 47.4 Å². The van der Waals surface area contributed by atoms with E-state index in [-0.39, 0.29) is 11.7 Å². The van der Waals surface area contributed by atoms with Crippen LogP contribution in [0.4, 0.5) is 8.78 Å². The molecule has 164 valence electrons. The second-order valence-electron chi connectivity index (χ2n) is 7.36. The van der Waals surface area contributed by atoms with Gasteiger partial charge in [0.05, 0.1) is 0 Å². The second kappa shape index (κ2) is 9.55. The van der Waals surface area contributed by atoms with Crippen molar-refractivity contribution in [3.8, 4) is 16.9 Å². The number of rotatable bonds is 6. The van der Waals surface area contributed by atoms with Crippen molar-refractivity contribution in [2.45, 2.75) is 12.5 Å². The maximum atomic E-state index is 13.8. The average molecular weight is 437 g/mol. The van der Waals surface area contributed by atoms with Crippen LogP contribution in [0.15, 0.2) is 67.0 Å². The zero-order valence-electron chi connectivity index (χ0n) is 17.1. The Morgan fingerprint density at radius 1 is 1.16 bits per heavy atom. The molecule has 0 bridgehead atoms. The predicted molar refractivity (Wildman–Crippen MR) is 114 cm³/mol. The molecule has 0 radical (unpaired) electrons. The van der Waals surface area contributed by atoms with Crippen LogP contribution < -0.4 is 10.1 Å². The molecule has 0 saturated carbocycles. The summed E-state index contributed by atoms with van der Waals surface area (Å²) in [6.07, 6.45) is 3.73. The third-order valence-corrected chi connectivity index (χ3v) is 5.30. The van der Waals surface area contributed by atoms with Crippen LogP contribution in [-0.2, 0) is 16.0 Å². The van der Waals surface area contributed by atoms with Gasteiger partial charge in [0.25, 0.3) is 5.91 Å². The number of benzene rings is 2. The molecular weight excluding hydrogens is 416 g/mol. The summed E-state index contributed by atoms with van der Waals surface area (Å²) in [5.74, 6) is -2.57. The van der Waals surface area contributed by atoms with Gasteiger partial charge in [0.1, 0.15) is 11.9 Å². The molecule has 2 heterocycles. The van der Waals surface area contributed by atoms with Gasteiger partial charge in [-0.3, -0.25) is 14.6 Å². The SMILES string of the molecule is O=C1NCCN(C(=O)COc2ccc(F)cc2F)C1Cc1ccccc1-c1cccnc1.